The zero-order valence-electron chi connectivity index (χ0n) is 11.1. The molecule has 18 heavy (non-hydrogen) atoms. The summed E-state index contributed by atoms with van der Waals surface area (Å²) in [5.74, 6) is 0. The van der Waals surface area contributed by atoms with Crippen LogP contribution in [0.3, 0.4) is 0 Å². The van der Waals surface area contributed by atoms with E-state index in [0.29, 0.717) is 13.0 Å². The molecule has 104 valence electrons. The molecule has 0 amide bonds. The molecule has 4 unspecified atom stereocenters. The lowest BCUT2D eigenvalue weighted by Crippen LogP contribution is -2.29. The Balaban J connectivity index is 2.55. The zero-order valence-corrected chi connectivity index (χ0v) is 12.9. The Bertz CT molecular complexity index is 301. The average Bonchev–Trinajstić information content (AvgIpc) is 2.55. The lowest BCUT2D eigenvalue weighted by molar-refractivity contribution is -0.0423. The van der Waals surface area contributed by atoms with Crippen molar-refractivity contribution in [2.75, 3.05) is 6.61 Å². The monoisotopic (exact) mass is 294 g/mol. The quantitative estimate of drug-likeness (QED) is 0.412. The van der Waals surface area contributed by atoms with Crippen molar-refractivity contribution in [3.05, 3.63) is 0 Å². The fourth-order valence-corrected chi connectivity index (χ4v) is 2.97. The molecular weight excluding hydrogens is 273 g/mol. The Labute approximate surface area is 115 Å². The first-order valence-corrected chi connectivity index (χ1v) is 9.06. The molecule has 0 aromatic rings. The summed E-state index contributed by atoms with van der Waals surface area (Å²) in [5, 5.41) is 0. The van der Waals surface area contributed by atoms with Gasteiger partial charge in [-0.15, -0.1) is 0 Å². The van der Waals surface area contributed by atoms with Gasteiger partial charge in [-0.3, -0.25) is 4.52 Å². The summed E-state index contributed by atoms with van der Waals surface area (Å²) < 4.78 is 27.6. The number of thiol groups is 1. The van der Waals surface area contributed by atoms with Crippen LogP contribution in [0.1, 0.15) is 20.3 Å². The van der Waals surface area contributed by atoms with Gasteiger partial charge in [0.25, 0.3) is 0 Å². The van der Waals surface area contributed by atoms with Gasteiger partial charge in [0, 0.05) is 6.00 Å². The van der Waals surface area contributed by atoms with Gasteiger partial charge in [0.05, 0.1) is 26.0 Å². The molecule has 9 heteroatoms. The van der Waals surface area contributed by atoms with Crippen LogP contribution in [0, 0.1) is 0 Å². The molecule has 1 saturated heterocycles. The van der Waals surface area contributed by atoms with Crippen molar-refractivity contribution in [2.45, 2.75) is 51.4 Å². The molecule has 0 radical (unpaired) electrons. The molecular formula is C9H21B2O5PS. The fourth-order valence-electron chi connectivity index (χ4n) is 2.03. The first kappa shape index (κ1) is 16.6. The lowest BCUT2D eigenvalue weighted by atomic mass is 9.38. The van der Waals surface area contributed by atoms with E-state index in [0.717, 1.165) is 14.3 Å². The molecule has 0 spiro atoms. The lowest BCUT2D eigenvalue weighted by Gasteiger charge is -2.20. The Morgan fingerprint density at radius 3 is 2.78 bits per heavy atom. The summed E-state index contributed by atoms with van der Waals surface area (Å²) in [6.45, 7) is 2.53. The van der Waals surface area contributed by atoms with Gasteiger partial charge in [-0.25, -0.2) is 4.57 Å². The first-order valence-electron chi connectivity index (χ1n) is 6.32. The second-order valence-corrected chi connectivity index (χ2v) is 7.55. The molecule has 1 fully saturated rings. The third kappa shape index (κ3) is 6.13. The minimum absolute atomic E-state index is 0.0700. The summed E-state index contributed by atoms with van der Waals surface area (Å²) in [4.78, 5) is 9.19. The van der Waals surface area contributed by atoms with Gasteiger partial charge in [0.15, 0.2) is 0 Å². The Kier molecular flexibility index (Phi) is 6.79. The Morgan fingerprint density at radius 2 is 2.28 bits per heavy atom. The van der Waals surface area contributed by atoms with Gasteiger partial charge < -0.3 is 14.4 Å². The minimum Gasteiger partial charge on any atom is -0.379 e. The van der Waals surface area contributed by atoms with E-state index in [1.54, 1.807) is 0 Å². The first-order chi connectivity index (χ1) is 8.31. The van der Waals surface area contributed by atoms with Crippen molar-refractivity contribution < 1.29 is 23.5 Å². The molecule has 1 rings (SSSR count). The molecule has 0 bridgehead atoms. The van der Waals surface area contributed by atoms with Gasteiger partial charge in [-0.1, -0.05) is 19.1 Å². The number of ether oxygens (including phenoxy) is 2. The van der Waals surface area contributed by atoms with E-state index in [1.165, 1.54) is 0 Å². The SMILES string of the molecule is CBBC1CC(OP(=O)(O)S)C(COC(C)C)O1. The standard InChI is InChI=1S/C9H21B2O5PS/c1-6(2)14-5-8-7(16-17(12,13)18)4-9(15-8)11-10-3/h6-11H,4-5H2,1-3H3,(H2,12,13,18). The third-order valence-corrected chi connectivity index (χ3v) is 3.58. The van der Waals surface area contributed by atoms with Crippen LogP contribution >= 0.6 is 19.0 Å². The smallest absolute Gasteiger partial charge is 0.379 e. The number of hydrogen-bond donors (Lipinski definition) is 2. The second-order valence-electron chi connectivity index (χ2n) is 4.84. The van der Waals surface area contributed by atoms with E-state index in [-0.39, 0.29) is 18.2 Å². The van der Waals surface area contributed by atoms with E-state index in [1.807, 2.05) is 13.8 Å². The molecule has 0 saturated carbocycles. The highest BCUT2D eigenvalue weighted by Gasteiger charge is 2.39. The van der Waals surface area contributed by atoms with Crippen molar-refractivity contribution in [1.29, 1.82) is 0 Å². The molecule has 0 aromatic heterocycles. The van der Waals surface area contributed by atoms with Crippen molar-refractivity contribution in [1.82, 2.24) is 0 Å². The largest absolute Gasteiger partial charge is 0.383 e. The van der Waals surface area contributed by atoms with Crippen LogP contribution in [0.5, 0.6) is 0 Å². The average molecular weight is 294 g/mol. The van der Waals surface area contributed by atoms with Crippen LogP contribution < -0.4 is 0 Å². The maximum Gasteiger partial charge on any atom is 0.383 e. The molecule has 1 aliphatic heterocycles. The second kappa shape index (κ2) is 7.36. The highest BCUT2D eigenvalue weighted by atomic mass is 32.7. The molecule has 4 atom stereocenters. The van der Waals surface area contributed by atoms with Gasteiger partial charge >= 0.3 is 6.80 Å². The molecule has 1 heterocycles. The molecule has 1 aliphatic rings. The van der Waals surface area contributed by atoms with Gasteiger partial charge in [0.1, 0.15) is 13.3 Å². The topological polar surface area (TPSA) is 65.0 Å². The van der Waals surface area contributed by atoms with Crippen molar-refractivity contribution >= 4 is 33.4 Å². The van der Waals surface area contributed by atoms with E-state index in [4.69, 9.17) is 14.0 Å². The minimum atomic E-state index is -3.79. The van der Waals surface area contributed by atoms with Crippen LogP contribution in [0.2, 0.25) is 6.82 Å². The van der Waals surface area contributed by atoms with Crippen molar-refractivity contribution in [3.8, 4) is 0 Å². The van der Waals surface area contributed by atoms with Gasteiger partial charge in [0.2, 0.25) is 0 Å². The van der Waals surface area contributed by atoms with E-state index in [9.17, 15) is 9.46 Å². The highest BCUT2D eigenvalue weighted by Crippen LogP contribution is 2.50. The van der Waals surface area contributed by atoms with Crippen LogP contribution in [-0.2, 0) is 18.6 Å². The van der Waals surface area contributed by atoms with Crippen molar-refractivity contribution in [3.63, 3.8) is 0 Å². The maximum atomic E-state index is 11.2. The summed E-state index contributed by atoms with van der Waals surface area (Å²) in [6.07, 6.45) is -0.00736. The normalized spacial score (nSPS) is 31.3. The van der Waals surface area contributed by atoms with Crippen LogP contribution in [-0.4, -0.2) is 50.2 Å². The predicted octanol–water partition coefficient (Wildman–Crippen LogP) is 0.778. The van der Waals surface area contributed by atoms with Crippen LogP contribution in [0.25, 0.3) is 0 Å². The predicted molar refractivity (Wildman–Crippen MR) is 78.2 cm³/mol. The number of rotatable bonds is 7. The number of hydrogen-bond acceptors (Lipinski definition) is 4. The zero-order chi connectivity index (χ0) is 13.8. The maximum absolute atomic E-state index is 11.2. The third-order valence-electron chi connectivity index (χ3n) is 2.75. The molecule has 5 nitrogen and oxygen atoms in total. The van der Waals surface area contributed by atoms with Gasteiger partial charge in [-0.2, -0.15) is 0 Å². The summed E-state index contributed by atoms with van der Waals surface area (Å²) in [5.41, 5.74) is 0. The van der Waals surface area contributed by atoms with Gasteiger partial charge in [-0.05, 0) is 20.3 Å². The molecule has 0 aromatic carbocycles. The van der Waals surface area contributed by atoms with E-state index >= 15 is 0 Å². The molecule has 1 N–H and O–H groups in total. The molecule has 0 aliphatic carbocycles. The van der Waals surface area contributed by atoms with E-state index < -0.39 is 12.9 Å². The van der Waals surface area contributed by atoms with E-state index in [2.05, 4.69) is 19.1 Å². The summed E-state index contributed by atoms with van der Waals surface area (Å²) >= 11 is 3.55. The summed E-state index contributed by atoms with van der Waals surface area (Å²) in [6, 6.07) is 0.0700. The summed E-state index contributed by atoms with van der Waals surface area (Å²) in [7, 11) is 1.92. The Morgan fingerprint density at radius 1 is 1.61 bits per heavy atom. The van der Waals surface area contributed by atoms with Crippen LogP contribution in [0.4, 0.5) is 0 Å². The fraction of sp³-hybridized carbons (Fsp3) is 1.00. The van der Waals surface area contributed by atoms with Crippen molar-refractivity contribution in [2.24, 2.45) is 0 Å². The Hall–Kier alpha value is 0.550. The highest BCUT2D eigenvalue weighted by molar-refractivity contribution is 8.44. The van der Waals surface area contributed by atoms with Crippen LogP contribution in [0.15, 0.2) is 0 Å².